The Morgan fingerprint density at radius 2 is 1.80 bits per heavy atom. The van der Waals surface area contributed by atoms with E-state index in [1.54, 1.807) is 25.3 Å². The van der Waals surface area contributed by atoms with Crippen LogP contribution in [0.3, 0.4) is 0 Å². The van der Waals surface area contributed by atoms with Crippen molar-refractivity contribution in [2.75, 3.05) is 13.7 Å². The van der Waals surface area contributed by atoms with Gasteiger partial charge < -0.3 is 9.47 Å². The van der Waals surface area contributed by atoms with Crippen LogP contribution in [0.4, 0.5) is 0 Å². The third kappa shape index (κ3) is 3.83. The quantitative estimate of drug-likeness (QED) is 0.820. The Bertz CT molecular complexity index is 617. The number of hydrogen-bond donors (Lipinski definition) is 0. The van der Waals surface area contributed by atoms with Crippen molar-refractivity contribution in [2.24, 2.45) is 0 Å². The number of hydrogen-bond acceptors (Lipinski definition) is 3. The summed E-state index contributed by atoms with van der Waals surface area (Å²) in [7, 11) is 1.69. The zero-order valence-corrected chi connectivity index (χ0v) is 12.7. The highest BCUT2D eigenvalue weighted by molar-refractivity contribution is 9.10. The van der Waals surface area contributed by atoms with Crippen molar-refractivity contribution < 1.29 is 9.47 Å². The third-order valence-electron chi connectivity index (χ3n) is 2.81. The van der Waals surface area contributed by atoms with Crippen LogP contribution < -0.4 is 4.74 Å². The molecule has 3 nitrogen and oxygen atoms in total. The van der Waals surface area contributed by atoms with Crippen molar-refractivity contribution >= 4 is 15.9 Å². The first kappa shape index (κ1) is 14.6. The average molecular weight is 332 g/mol. The van der Waals surface area contributed by atoms with Crippen LogP contribution in [-0.4, -0.2) is 13.7 Å². The lowest BCUT2D eigenvalue weighted by Gasteiger charge is -2.07. The van der Waals surface area contributed by atoms with E-state index in [2.05, 4.69) is 22.0 Å². The summed E-state index contributed by atoms with van der Waals surface area (Å²) in [5.41, 5.74) is 1.80. The van der Waals surface area contributed by atoms with Crippen molar-refractivity contribution in [2.45, 2.75) is 6.42 Å². The van der Waals surface area contributed by atoms with E-state index in [1.807, 2.05) is 24.3 Å². The van der Waals surface area contributed by atoms with Gasteiger partial charge in [0.15, 0.2) is 0 Å². The molecule has 102 valence electrons. The van der Waals surface area contributed by atoms with Crippen molar-refractivity contribution in [3.63, 3.8) is 0 Å². The SMILES string of the molecule is COCCc1ccc(Oc2ccc(C#N)c(Br)c2)cc1. The van der Waals surface area contributed by atoms with Crippen molar-refractivity contribution in [3.05, 3.63) is 58.1 Å². The number of ether oxygens (including phenoxy) is 2. The summed E-state index contributed by atoms with van der Waals surface area (Å²) in [4.78, 5) is 0. The van der Waals surface area contributed by atoms with Crippen LogP contribution in [0, 0.1) is 11.3 Å². The summed E-state index contributed by atoms with van der Waals surface area (Å²) in [5, 5.41) is 8.87. The fourth-order valence-electron chi connectivity index (χ4n) is 1.73. The molecule has 0 radical (unpaired) electrons. The van der Waals surface area contributed by atoms with E-state index in [0.29, 0.717) is 17.9 Å². The Hall–Kier alpha value is -1.83. The molecule has 0 aliphatic rings. The highest BCUT2D eigenvalue weighted by Gasteiger charge is 2.03. The molecule has 0 aliphatic heterocycles. The molecule has 0 bridgehead atoms. The van der Waals surface area contributed by atoms with Crippen LogP contribution in [0.2, 0.25) is 0 Å². The van der Waals surface area contributed by atoms with Crippen molar-refractivity contribution in [1.29, 1.82) is 5.26 Å². The lowest BCUT2D eigenvalue weighted by molar-refractivity contribution is 0.202. The smallest absolute Gasteiger partial charge is 0.128 e. The van der Waals surface area contributed by atoms with Gasteiger partial charge in [-0.05, 0) is 58.2 Å². The van der Waals surface area contributed by atoms with Gasteiger partial charge in [-0.1, -0.05) is 12.1 Å². The molecule has 0 spiro atoms. The molecule has 0 saturated carbocycles. The van der Waals surface area contributed by atoms with Gasteiger partial charge in [0, 0.05) is 11.6 Å². The lowest BCUT2D eigenvalue weighted by atomic mass is 10.1. The summed E-state index contributed by atoms with van der Waals surface area (Å²) in [6.45, 7) is 0.711. The fourth-order valence-corrected chi connectivity index (χ4v) is 2.18. The zero-order chi connectivity index (χ0) is 14.4. The van der Waals surface area contributed by atoms with Gasteiger partial charge in [-0.3, -0.25) is 0 Å². The first-order valence-electron chi connectivity index (χ1n) is 6.18. The van der Waals surface area contributed by atoms with Crippen molar-refractivity contribution in [3.8, 4) is 17.6 Å². The molecule has 0 fully saturated rings. The number of nitriles is 1. The van der Waals surface area contributed by atoms with E-state index >= 15 is 0 Å². The number of nitrogens with zero attached hydrogens (tertiary/aromatic N) is 1. The molecular formula is C16H14BrNO2. The predicted octanol–water partition coefficient (Wildman–Crippen LogP) is 4.30. The summed E-state index contributed by atoms with van der Waals surface area (Å²) in [6.07, 6.45) is 0.888. The molecular weight excluding hydrogens is 318 g/mol. The van der Waals surface area contributed by atoms with Crippen LogP contribution in [0.5, 0.6) is 11.5 Å². The van der Waals surface area contributed by atoms with Gasteiger partial charge in [-0.2, -0.15) is 5.26 Å². The second-order valence-electron chi connectivity index (χ2n) is 4.24. The van der Waals surface area contributed by atoms with Gasteiger partial charge in [-0.25, -0.2) is 0 Å². The minimum absolute atomic E-state index is 0.590. The Kier molecular flexibility index (Phi) is 5.16. The standard InChI is InChI=1S/C16H14BrNO2/c1-19-9-8-12-2-5-14(6-3-12)20-15-7-4-13(11-18)16(17)10-15/h2-7,10H,8-9H2,1H3. The Morgan fingerprint density at radius 3 is 2.40 bits per heavy atom. The molecule has 0 N–H and O–H groups in total. The van der Waals surface area contributed by atoms with Gasteiger partial charge in [0.1, 0.15) is 17.6 Å². The van der Waals surface area contributed by atoms with E-state index in [0.717, 1.165) is 16.6 Å². The maximum absolute atomic E-state index is 8.87. The second-order valence-corrected chi connectivity index (χ2v) is 5.10. The van der Waals surface area contributed by atoms with E-state index in [9.17, 15) is 0 Å². The van der Waals surface area contributed by atoms with Crippen LogP contribution >= 0.6 is 15.9 Å². The Labute approximate surface area is 126 Å². The topological polar surface area (TPSA) is 42.2 Å². The van der Waals surface area contributed by atoms with Crippen LogP contribution in [0.15, 0.2) is 46.9 Å². The van der Waals surface area contributed by atoms with Gasteiger partial charge in [0.25, 0.3) is 0 Å². The molecule has 0 saturated heterocycles. The average Bonchev–Trinajstić information content (AvgIpc) is 2.47. The lowest BCUT2D eigenvalue weighted by Crippen LogP contribution is -1.94. The van der Waals surface area contributed by atoms with Gasteiger partial charge >= 0.3 is 0 Å². The third-order valence-corrected chi connectivity index (χ3v) is 3.47. The highest BCUT2D eigenvalue weighted by atomic mass is 79.9. The minimum Gasteiger partial charge on any atom is -0.457 e. The van der Waals surface area contributed by atoms with Crippen LogP contribution in [0.25, 0.3) is 0 Å². The summed E-state index contributed by atoms with van der Waals surface area (Å²) < 4.78 is 11.5. The Morgan fingerprint density at radius 1 is 1.10 bits per heavy atom. The highest BCUT2D eigenvalue weighted by Crippen LogP contribution is 2.27. The predicted molar refractivity (Wildman–Crippen MR) is 81.0 cm³/mol. The van der Waals surface area contributed by atoms with E-state index in [1.165, 1.54) is 5.56 Å². The normalized spacial score (nSPS) is 10.1. The number of benzene rings is 2. The maximum Gasteiger partial charge on any atom is 0.128 e. The van der Waals surface area contributed by atoms with Crippen LogP contribution in [-0.2, 0) is 11.2 Å². The van der Waals surface area contributed by atoms with E-state index in [-0.39, 0.29) is 0 Å². The van der Waals surface area contributed by atoms with Crippen molar-refractivity contribution in [1.82, 2.24) is 0 Å². The minimum atomic E-state index is 0.590. The molecule has 2 aromatic carbocycles. The first-order chi connectivity index (χ1) is 9.72. The van der Waals surface area contributed by atoms with Crippen LogP contribution in [0.1, 0.15) is 11.1 Å². The zero-order valence-electron chi connectivity index (χ0n) is 11.1. The summed E-state index contributed by atoms with van der Waals surface area (Å²) in [6, 6.07) is 15.3. The maximum atomic E-state index is 8.87. The molecule has 0 aromatic heterocycles. The molecule has 0 aliphatic carbocycles. The largest absolute Gasteiger partial charge is 0.457 e. The van der Waals surface area contributed by atoms with Gasteiger partial charge in [-0.15, -0.1) is 0 Å². The molecule has 20 heavy (non-hydrogen) atoms. The second kappa shape index (κ2) is 7.09. The first-order valence-corrected chi connectivity index (χ1v) is 6.97. The number of halogens is 1. The molecule has 0 amide bonds. The van der Waals surface area contributed by atoms with E-state index < -0.39 is 0 Å². The molecule has 0 heterocycles. The molecule has 0 unspecified atom stereocenters. The van der Waals surface area contributed by atoms with Gasteiger partial charge in [0.05, 0.1) is 12.2 Å². The fraction of sp³-hybridized carbons (Fsp3) is 0.188. The molecule has 4 heteroatoms. The molecule has 2 aromatic rings. The summed E-state index contributed by atoms with van der Waals surface area (Å²) >= 11 is 3.34. The Balaban J connectivity index is 2.06. The molecule has 0 atom stereocenters. The number of methoxy groups -OCH3 is 1. The van der Waals surface area contributed by atoms with E-state index in [4.69, 9.17) is 14.7 Å². The monoisotopic (exact) mass is 331 g/mol. The number of rotatable bonds is 5. The summed E-state index contributed by atoms with van der Waals surface area (Å²) in [5.74, 6) is 1.46. The van der Waals surface area contributed by atoms with Gasteiger partial charge in [0.2, 0.25) is 0 Å². The molecule has 2 rings (SSSR count).